The van der Waals surface area contributed by atoms with Gasteiger partial charge < -0.3 is 29.0 Å². The number of nitrogens with zero attached hydrogens (tertiary/aromatic N) is 3. The van der Waals surface area contributed by atoms with Gasteiger partial charge in [0.1, 0.15) is 29.0 Å². The van der Waals surface area contributed by atoms with Gasteiger partial charge in [-0.25, -0.2) is 0 Å². The Morgan fingerprint density at radius 1 is 0.977 bits per heavy atom. The Balaban J connectivity index is 1.57. The van der Waals surface area contributed by atoms with Gasteiger partial charge in [-0.15, -0.1) is 0 Å². The highest BCUT2D eigenvalue weighted by Crippen LogP contribution is 2.33. The number of benzene rings is 3. The molecule has 0 aliphatic rings. The largest absolute Gasteiger partial charge is 0.497 e. The normalized spacial score (nSPS) is 11.0. The fourth-order valence-corrected chi connectivity index (χ4v) is 4.70. The number of amides is 2. The van der Waals surface area contributed by atoms with Crippen LogP contribution in [-0.2, 0) is 12.0 Å². The van der Waals surface area contributed by atoms with Gasteiger partial charge in [0.15, 0.2) is 0 Å². The van der Waals surface area contributed by atoms with Gasteiger partial charge in [0.25, 0.3) is 11.8 Å². The van der Waals surface area contributed by atoms with Crippen LogP contribution in [0.15, 0.2) is 59.1 Å². The first-order valence-electron chi connectivity index (χ1n) is 13.9. The molecule has 0 aliphatic heterocycles. The minimum Gasteiger partial charge on any atom is -0.497 e. The van der Waals surface area contributed by atoms with Crippen LogP contribution in [0.25, 0.3) is 11.3 Å². The van der Waals surface area contributed by atoms with Gasteiger partial charge in [0, 0.05) is 37.0 Å². The summed E-state index contributed by atoms with van der Waals surface area (Å²) in [6.07, 6.45) is 0. The van der Waals surface area contributed by atoms with Crippen molar-refractivity contribution in [2.75, 3.05) is 33.7 Å². The van der Waals surface area contributed by atoms with Crippen molar-refractivity contribution in [2.24, 2.45) is 0 Å². The fourth-order valence-electron chi connectivity index (χ4n) is 4.70. The minimum atomic E-state index is -0.425. The molecule has 10 nitrogen and oxygen atoms in total. The molecule has 0 unspecified atom stereocenters. The second-order valence-corrected chi connectivity index (χ2v) is 11.4. The van der Waals surface area contributed by atoms with Gasteiger partial charge in [0.05, 0.1) is 32.5 Å². The number of anilines is 1. The highest BCUT2D eigenvalue weighted by Gasteiger charge is 2.24. The molecule has 228 valence electrons. The molecule has 0 bridgehead atoms. The molecular formula is C34H36N4O6. The summed E-state index contributed by atoms with van der Waals surface area (Å²) in [5.41, 5.74) is 4.39. The summed E-state index contributed by atoms with van der Waals surface area (Å²) in [6.45, 7) is 8.21. The number of aromatic nitrogens is 1. The maximum absolute atomic E-state index is 13.5. The smallest absolute Gasteiger partial charge is 0.292 e. The molecule has 44 heavy (non-hydrogen) atoms. The van der Waals surface area contributed by atoms with Gasteiger partial charge in [-0.05, 0) is 65.4 Å². The first-order chi connectivity index (χ1) is 20.9. The molecule has 1 heterocycles. The van der Waals surface area contributed by atoms with E-state index in [0.29, 0.717) is 28.4 Å². The van der Waals surface area contributed by atoms with Crippen molar-refractivity contribution in [2.45, 2.75) is 39.7 Å². The standard InChI is InChI=1S/C34H36N4O6/c1-20-9-10-24(36-32(39)28-14-23(34(2,3)4)13-22(18-35)31(28)43-8)15-27(20)29-17-30(44-37-29)33(40)38(5)19-21-11-25(41-6)16-26(12-21)42-7/h9-17H,19H2,1-8H3,(H,36,39). The summed E-state index contributed by atoms with van der Waals surface area (Å²) >= 11 is 0. The van der Waals surface area contributed by atoms with Crippen molar-refractivity contribution >= 4 is 17.5 Å². The Hall–Kier alpha value is -5.30. The predicted molar refractivity (Wildman–Crippen MR) is 166 cm³/mol. The van der Waals surface area contributed by atoms with E-state index in [1.807, 2.05) is 45.9 Å². The summed E-state index contributed by atoms with van der Waals surface area (Å²) in [4.78, 5) is 28.2. The van der Waals surface area contributed by atoms with Crippen LogP contribution in [0, 0.1) is 18.3 Å². The van der Waals surface area contributed by atoms with E-state index in [2.05, 4.69) is 16.5 Å². The van der Waals surface area contributed by atoms with Crippen molar-refractivity contribution in [1.29, 1.82) is 5.26 Å². The van der Waals surface area contributed by atoms with Crippen molar-refractivity contribution in [1.82, 2.24) is 10.1 Å². The van der Waals surface area contributed by atoms with E-state index < -0.39 is 5.91 Å². The monoisotopic (exact) mass is 596 g/mol. The quantitative estimate of drug-likeness (QED) is 0.236. The SMILES string of the molecule is COc1cc(CN(C)C(=O)c2cc(-c3cc(NC(=O)c4cc(C(C)(C)C)cc(C#N)c4OC)ccc3C)no2)cc(OC)c1. The Morgan fingerprint density at radius 2 is 1.66 bits per heavy atom. The number of aryl methyl sites for hydroxylation is 1. The van der Waals surface area contributed by atoms with Gasteiger partial charge in [-0.3, -0.25) is 9.59 Å². The molecule has 3 aromatic carbocycles. The lowest BCUT2D eigenvalue weighted by Crippen LogP contribution is -2.25. The van der Waals surface area contributed by atoms with Crippen LogP contribution < -0.4 is 19.5 Å². The van der Waals surface area contributed by atoms with E-state index in [4.69, 9.17) is 18.7 Å². The molecule has 0 spiro atoms. The van der Waals surface area contributed by atoms with Crippen LogP contribution in [0.5, 0.6) is 17.2 Å². The van der Waals surface area contributed by atoms with Gasteiger partial charge in [-0.2, -0.15) is 5.26 Å². The van der Waals surface area contributed by atoms with E-state index in [9.17, 15) is 14.9 Å². The zero-order chi connectivity index (χ0) is 32.2. The average Bonchev–Trinajstić information content (AvgIpc) is 3.50. The van der Waals surface area contributed by atoms with Crippen LogP contribution in [0.3, 0.4) is 0 Å². The first kappa shape index (κ1) is 31.6. The fraction of sp³-hybridized carbons (Fsp3) is 0.294. The highest BCUT2D eigenvalue weighted by molar-refractivity contribution is 6.07. The summed E-state index contributed by atoms with van der Waals surface area (Å²) in [6, 6.07) is 18.0. The number of carbonyl (C=O) groups is 2. The first-order valence-corrected chi connectivity index (χ1v) is 13.9. The maximum Gasteiger partial charge on any atom is 0.292 e. The molecule has 0 aliphatic carbocycles. The summed E-state index contributed by atoms with van der Waals surface area (Å²) in [5, 5.41) is 16.8. The van der Waals surface area contributed by atoms with E-state index in [-0.39, 0.29) is 40.5 Å². The number of carbonyl (C=O) groups excluding carboxylic acids is 2. The summed E-state index contributed by atoms with van der Waals surface area (Å²) in [5.74, 6) is 0.740. The Bertz CT molecular complexity index is 1720. The van der Waals surface area contributed by atoms with E-state index in [0.717, 1.165) is 16.7 Å². The lowest BCUT2D eigenvalue weighted by molar-refractivity contribution is 0.0743. The molecule has 1 aromatic heterocycles. The van der Waals surface area contributed by atoms with Crippen LogP contribution in [0.4, 0.5) is 5.69 Å². The molecule has 0 radical (unpaired) electrons. The molecular weight excluding hydrogens is 560 g/mol. The lowest BCUT2D eigenvalue weighted by Gasteiger charge is -2.22. The third-order valence-electron chi connectivity index (χ3n) is 7.19. The number of nitrogens with one attached hydrogen (secondary N) is 1. The number of ether oxygens (including phenoxy) is 3. The van der Waals surface area contributed by atoms with Crippen molar-refractivity contribution in [3.63, 3.8) is 0 Å². The molecule has 0 saturated heterocycles. The van der Waals surface area contributed by atoms with Crippen molar-refractivity contribution in [3.05, 3.63) is 88.2 Å². The van der Waals surface area contributed by atoms with E-state index >= 15 is 0 Å². The molecule has 0 atom stereocenters. The second-order valence-electron chi connectivity index (χ2n) is 11.4. The van der Waals surface area contributed by atoms with E-state index in [1.54, 1.807) is 57.7 Å². The van der Waals surface area contributed by atoms with Crippen LogP contribution >= 0.6 is 0 Å². The number of nitriles is 1. The number of hydrogen-bond donors (Lipinski definition) is 1. The molecule has 0 saturated carbocycles. The highest BCUT2D eigenvalue weighted by atomic mass is 16.5. The van der Waals surface area contributed by atoms with E-state index in [1.165, 1.54) is 12.0 Å². The Kier molecular flexibility index (Phi) is 9.29. The molecule has 0 fully saturated rings. The molecule has 1 N–H and O–H groups in total. The summed E-state index contributed by atoms with van der Waals surface area (Å²) < 4.78 is 21.6. The Morgan fingerprint density at radius 3 is 2.25 bits per heavy atom. The Labute approximate surface area is 257 Å². The zero-order valence-electron chi connectivity index (χ0n) is 26.2. The number of hydrogen-bond acceptors (Lipinski definition) is 8. The number of rotatable bonds is 9. The third kappa shape index (κ3) is 6.84. The van der Waals surface area contributed by atoms with Crippen LogP contribution in [0.1, 0.15) is 63.9 Å². The lowest BCUT2D eigenvalue weighted by atomic mass is 9.84. The van der Waals surface area contributed by atoms with Crippen molar-refractivity contribution < 1.29 is 28.3 Å². The van der Waals surface area contributed by atoms with Crippen LogP contribution in [-0.4, -0.2) is 50.2 Å². The maximum atomic E-state index is 13.5. The third-order valence-corrected chi connectivity index (χ3v) is 7.19. The average molecular weight is 597 g/mol. The molecule has 2 amide bonds. The predicted octanol–water partition coefficient (Wildman–Crippen LogP) is 6.37. The van der Waals surface area contributed by atoms with Gasteiger partial charge >= 0.3 is 0 Å². The summed E-state index contributed by atoms with van der Waals surface area (Å²) in [7, 11) is 6.23. The number of methoxy groups -OCH3 is 3. The zero-order valence-corrected chi connectivity index (χ0v) is 26.2. The molecule has 4 rings (SSSR count). The van der Waals surface area contributed by atoms with Gasteiger partial charge in [-0.1, -0.05) is 32.0 Å². The topological polar surface area (TPSA) is 127 Å². The second kappa shape index (κ2) is 12.9. The molecule has 10 heteroatoms. The van der Waals surface area contributed by atoms with Crippen LogP contribution in [0.2, 0.25) is 0 Å². The minimum absolute atomic E-state index is 0.0685. The van der Waals surface area contributed by atoms with Crippen molar-refractivity contribution in [3.8, 4) is 34.6 Å². The molecule has 4 aromatic rings. The van der Waals surface area contributed by atoms with Gasteiger partial charge in [0.2, 0.25) is 5.76 Å².